The van der Waals surface area contributed by atoms with Gasteiger partial charge in [0.1, 0.15) is 0 Å². The summed E-state index contributed by atoms with van der Waals surface area (Å²) in [6.45, 7) is 6.65. The first-order valence-corrected chi connectivity index (χ1v) is 5.13. The second-order valence-corrected chi connectivity index (χ2v) is 4.68. The molecule has 0 amide bonds. The average Bonchev–Trinajstić information content (AvgIpc) is 1.89. The molecule has 0 saturated heterocycles. The van der Waals surface area contributed by atoms with E-state index in [9.17, 15) is 0 Å². The fourth-order valence-electron chi connectivity index (χ4n) is 2.21. The van der Waals surface area contributed by atoms with Gasteiger partial charge in [-0.1, -0.05) is 18.6 Å². The zero-order valence-electron chi connectivity index (χ0n) is 8.40. The van der Waals surface area contributed by atoms with Crippen LogP contribution in [0.25, 0.3) is 0 Å². The molecule has 0 aromatic rings. The van der Waals surface area contributed by atoms with E-state index in [1.165, 1.54) is 37.8 Å². The minimum Gasteiger partial charge on any atom is -0.306 e. The normalized spacial score (nSPS) is 23.3. The molecule has 2 rings (SSSR count). The van der Waals surface area contributed by atoms with Gasteiger partial charge in [0.2, 0.25) is 0 Å². The topological polar surface area (TPSA) is 24.4 Å². The SMILES string of the molecule is C=C(C)CNN=C1CC2(CCC2)C1. The molecule has 0 atom stereocenters. The Kier molecular flexibility index (Phi) is 2.14. The highest BCUT2D eigenvalue weighted by atomic mass is 15.3. The third-order valence-electron chi connectivity index (χ3n) is 3.19. The summed E-state index contributed by atoms with van der Waals surface area (Å²) in [4.78, 5) is 0. The molecule has 0 unspecified atom stereocenters. The summed E-state index contributed by atoms with van der Waals surface area (Å²) < 4.78 is 0. The monoisotopic (exact) mass is 178 g/mol. The molecule has 1 spiro atoms. The third kappa shape index (κ3) is 1.77. The van der Waals surface area contributed by atoms with Crippen LogP contribution in [0.5, 0.6) is 0 Å². The fourth-order valence-corrected chi connectivity index (χ4v) is 2.21. The van der Waals surface area contributed by atoms with Gasteiger partial charge < -0.3 is 5.43 Å². The minimum absolute atomic E-state index is 0.712. The van der Waals surface area contributed by atoms with E-state index in [1.807, 2.05) is 6.92 Å². The van der Waals surface area contributed by atoms with Crippen LogP contribution in [0.3, 0.4) is 0 Å². The van der Waals surface area contributed by atoms with Crippen molar-refractivity contribution in [2.24, 2.45) is 10.5 Å². The van der Waals surface area contributed by atoms with Gasteiger partial charge in [0.15, 0.2) is 0 Å². The third-order valence-corrected chi connectivity index (χ3v) is 3.19. The Morgan fingerprint density at radius 1 is 1.54 bits per heavy atom. The zero-order chi connectivity index (χ0) is 9.31. The van der Waals surface area contributed by atoms with Gasteiger partial charge >= 0.3 is 0 Å². The standard InChI is InChI=1S/C11H18N2/c1-9(2)8-12-13-10-6-11(7-10)4-3-5-11/h12H,1,3-8H2,2H3. The molecular weight excluding hydrogens is 160 g/mol. The lowest BCUT2D eigenvalue weighted by Gasteiger charge is -2.49. The summed E-state index contributed by atoms with van der Waals surface area (Å²) in [5.41, 5.74) is 6.28. The molecular formula is C11H18N2. The fraction of sp³-hybridized carbons (Fsp3) is 0.727. The summed E-state index contributed by atoms with van der Waals surface area (Å²) in [6.07, 6.45) is 6.80. The Bertz CT molecular complexity index is 239. The van der Waals surface area contributed by atoms with E-state index in [1.54, 1.807) is 0 Å². The molecule has 2 saturated carbocycles. The van der Waals surface area contributed by atoms with Crippen molar-refractivity contribution in [2.45, 2.75) is 39.0 Å². The molecule has 72 valence electrons. The van der Waals surface area contributed by atoms with E-state index in [0.717, 1.165) is 12.1 Å². The maximum Gasteiger partial charge on any atom is 0.0534 e. The zero-order valence-corrected chi connectivity index (χ0v) is 8.40. The van der Waals surface area contributed by atoms with Crippen molar-refractivity contribution < 1.29 is 0 Å². The Labute approximate surface area is 80.1 Å². The highest BCUT2D eigenvalue weighted by molar-refractivity contribution is 5.91. The van der Waals surface area contributed by atoms with Crippen LogP contribution in [-0.4, -0.2) is 12.3 Å². The molecule has 2 nitrogen and oxygen atoms in total. The predicted molar refractivity (Wildman–Crippen MR) is 55.8 cm³/mol. The van der Waals surface area contributed by atoms with Crippen molar-refractivity contribution in [3.63, 3.8) is 0 Å². The van der Waals surface area contributed by atoms with Crippen LogP contribution in [0.1, 0.15) is 39.0 Å². The summed E-state index contributed by atoms with van der Waals surface area (Å²) in [5, 5.41) is 4.35. The lowest BCUT2D eigenvalue weighted by Crippen LogP contribution is -2.43. The van der Waals surface area contributed by atoms with Gasteiger partial charge in [-0.15, -0.1) is 0 Å². The van der Waals surface area contributed by atoms with Gasteiger partial charge in [0.05, 0.1) is 6.54 Å². The second kappa shape index (κ2) is 3.17. The Balaban J connectivity index is 1.70. The Hall–Kier alpha value is -0.790. The van der Waals surface area contributed by atoms with Gasteiger partial charge in [-0.25, -0.2) is 0 Å². The average molecular weight is 178 g/mol. The molecule has 0 aliphatic heterocycles. The molecule has 0 aromatic heterocycles. The van der Waals surface area contributed by atoms with Crippen LogP contribution in [0.4, 0.5) is 0 Å². The van der Waals surface area contributed by atoms with Crippen LogP contribution in [0.2, 0.25) is 0 Å². The van der Waals surface area contributed by atoms with Crippen LogP contribution in [0, 0.1) is 5.41 Å². The number of nitrogens with zero attached hydrogens (tertiary/aromatic N) is 1. The van der Waals surface area contributed by atoms with E-state index in [4.69, 9.17) is 0 Å². The summed E-state index contributed by atoms with van der Waals surface area (Å²) >= 11 is 0. The first-order valence-electron chi connectivity index (χ1n) is 5.13. The summed E-state index contributed by atoms with van der Waals surface area (Å²) in [5.74, 6) is 0. The van der Waals surface area contributed by atoms with E-state index < -0.39 is 0 Å². The maximum atomic E-state index is 4.35. The number of hydrogen-bond acceptors (Lipinski definition) is 2. The van der Waals surface area contributed by atoms with Gasteiger partial charge in [0.25, 0.3) is 0 Å². The Morgan fingerprint density at radius 2 is 2.23 bits per heavy atom. The summed E-state index contributed by atoms with van der Waals surface area (Å²) in [7, 11) is 0. The van der Waals surface area contributed by atoms with Crippen LogP contribution in [0.15, 0.2) is 17.3 Å². The molecule has 0 aromatic carbocycles. The predicted octanol–water partition coefficient (Wildman–Crippen LogP) is 2.47. The van der Waals surface area contributed by atoms with Crippen LogP contribution < -0.4 is 5.43 Å². The number of hydrogen-bond donors (Lipinski definition) is 1. The van der Waals surface area contributed by atoms with E-state index in [0.29, 0.717) is 5.41 Å². The van der Waals surface area contributed by atoms with Gasteiger partial charge in [-0.05, 0) is 38.0 Å². The number of nitrogens with one attached hydrogen (secondary N) is 1. The lowest BCUT2D eigenvalue weighted by molar-refractivity contribution is 0.118. The second-order valence-electron chi connectivity index (χ2n) is 4.68. The van der Waals surface area contributed by atoms with E-state index in [2.05, 4.69) is 17.1 Å². The molecule has 0 bridgehead atoms. The van der Waals surface area contributed by atoms with Crippen molar-refractivity contribution in [2.75, 3.05) is 6.54 Å². The maximum absolute atomic E-state index is 4.35. The van der Waals surface area contributed by atoms with Crippen LogP contribution >= 0.6 is 0 Å². The van der Waals surface area contributed by atoms with Gasteiger partial charge in [-0.2, -0.15) is 5.10 Å². The molecule has 2 fully saturated rings. The molecule has 2 heteroatoms. The van der Waals surface area contributed by atoms with Crippen LogP contribution in [-0.2, 0) is 0 Å². The van der Waals surface area contributed by atoms with Crippen molar-refractivity contribution in [1.29, 1.82) is 0 Å². The molecule has 2 aliphatic rings. The van der Waals surface area contributed by atoms with Gasteiger partial charge in [0, 0.05) is 5.71 Å². The number of hydrazone groups is 1. The molecule has 0 radical (unpaired) electrons. The molecule has 0 heterocycles. The molecule has 2 aliphatic carbocycles. The van der Waals surface area contributed by atoms with Crippen molar-refractivity contribution in [1.82, 2.24) is 5.43 Å². The van der Waals surface area contributed by atoms with E-state index >= 15 is 0 Å². The molecule has 13 heavy (non-hydrogen) atoms. The highest BCUT2D eigenvalue weighted by Crippen LogP contribution is 2.54. The van der Waals surface area contributed by atoms with Crippen molar-refractivity contribution in [3.05, 3.63) is 12.2 Å². The first kappa shape index (κ1) is 8.79. The van der Waals surface area contributed by atoms with Crippen molar-refractivity contribution in [3.8, 4) is 0 Å². The first-order chi connectivity index (χ1) is 6.20. The Morgan fingerprint density at radius 3 is 2.69 bits per heavy atom. The number of rotatable bonds is 3. The van der Waals surface area contributed by atoms with Gasteiger partial charge in [-0.3, -0.25) is 0 Å². The molecule has 1 N–H and O–H groups in total. The largest absolute Gasteiger partial charge is 0.306 e. The van der Waals surface area contributed by atoms with E-state index in [-0.39, 0.29) is 0 Å². The lowest BCUT2D eigenvalue weighted by atomic mass is 9.55. The smallest absolute Gasteiger partial charge is 0.0534 e. The highest BCUT2D eigenvalue weighted by Gasteiger charge is 2.46. The minimum atomic E-state index is 0.712. The van der Waals surface area contributed by atoms with Crippen molar-refractivity contribution >= 4 is 5.71 Å². The quantitative estimate of drug-likeness (QED) is 0.521. The summed E-state index contributed by atoms with van der Waals surface area (Å²) in [6, 6.07) is 0.